The molecule has 1 aliphatic heterocycles. The van der Waals surface area contributed by atoms with Crippen molar-refractivity contribution in [1.29, 1.82) is 0 Å². The number of nitrogens with two attached hydrogens (primary N) is 1. The summed E-state index contributed by atoms with van der Waals surface area (Å²) in [6.07, 6.45) is -0.289. The van der Waals surface area contributed by atoms with Gasteiger partial charge in [-0.05, 0) is 12.1 Å². The number of rotatable bonds is 2. The molecule has 1 atom stereocenters. The average molecular weight is 234 g/mol. The van der Waals surface area contributed by atoms with Gasteiger partial charge in [0.25, 0.3) is 0 Å². The van der Waals surface area contributed by atoms with E-state index in [2.05, 4.69) is 5.32 Å². The van der Waals surface area contributed by atoms with Crippen molar-refractivity contribution in [1.82, 2.24) is 10.3 Å². The van der Waals surface area contributed by atoms with Gasteiger partial charge in [-0.15, -0.1) is 0 Å². The monoisotopic (exact) mass is 234 g/mol. The maximum absolute atomic E-state index is 11.9. The molecule has 1 unspecified atom stereocenters. The summed E-state index contributed by atoms with van der Waals surface area (Å²) in [5.41, 5.74) is 0.563. The third-order valence-electron chi connectivity index (χ3n) is 2.62. The van der Waals surface area contributed by atoms with Gasteiger partial charge in [-0.1, -0.05) is 18.2 Å². The van der Waals surface area contributed by atoms with Crippen LogP contribution >= 0.6 is 0 Å². The number of para-hydroxylation sites is 1. The molecule has 3 N–H and O–H groups in total. The van der Waals surface area contributed by atoms with Gasteiger partial charge in [0.15, 0.2) is 0 Å². The summed E-state index contributed by atoms with van der Waals surface area (Å²) < 4.78 is 0. The zero-order valence-electron chi connectivity index (χ0n) is 9.46. The lowest BCUT2D eigenvalue weighted by atomic mass is 10.2. The SMILES string of the molecule is CN(N)C1CC(=O)N(c2ccccc2)C(=O)N1. The molecule has 0 saturated carbocycles. The van der Waals surface area contributed by atoms with Crippen molar-refractivity contribution in [3.8, 4) is 0 Å². The van der Waals surface area contributed by atoms with Gasteiger partial charge in [-0.3, -0.25) is 10.6 Å². The number of imide groups is 1. The minimum Gasteiger partial charge on any atom is -0.320 e. The highest BCUT2D eigenvalue weighted by atomic mass is 16.2. The standard InChI is InChI=1S/C11H14N4O2/c1-14(12)9-7-10(16)15(11(17)13-9)8-5-3-2-4-6-8/h2-6,9H,7,12H2,1H3,(H,13,17). The Hall–Kier alpha value is -1.92. The molecule has 0 spiro atoms. The lowest BCUT2D eigenvalue weighted by molar-refractivity contribution is -0.120. The van der Waals surface area contributed by atoms with Crippen LogP contribution in [0.2, 0.25) is 0 Å². The normalized spacial score (nSPS) is 20.6. The molecule has 1 heterocycles. The molecule has 1 fully saturated rings. The van der Waals surface area contributed by atoms with E-state index in [4.69, 9.17) is 5.84 Å². The van der Waals surface area contributed by atoms with Crippen LogP contribution in [0.4, 0.5) is 10.5 Å². The topological polar surface area (TPSA) is 78.7 Å². The molecule has 1 saturated heterocycles. The average Bonchev–Trinajstić information content (AvgIpc) is 2.29. The maximum Gasteiger partial charge on any atom is 0.330 e. The second-order valence-corrected chi connectivity index (χ2v) is 3.90. The Bertz CT molecular complexity index is 414. The van der Waals surface area contributed by atoms with E-state index in [-0.39, 0.29) is 12.3 Å². The number of hydrazine groups is 1. The van der Waals surface area contributed by atoms with E-state index in [0.717, 1.165) is 4.90 Å². The predicted octanol–water partition coefficient (Wildman–Crippen LogP) is 0.265. The smallest absolute Gasteiger partial charge is 0.320 e. The molecule has 1 aromatic rings. The van der Waals surface area contributed by atoms with Crippen LogP contribution in [0.15, 0.2) is 30.3 Å². The van der Waals surface area contributed by atoms with Gasteiger partial charge in [-0.2, -0.15) is 0 Å². The van der Waals surface area contributed by atoms with Crippen molar-refractivity contribution >= 4 is 17.6 Å². The fourth-order valence-corrected chi connectivity index (χ4v) is 1.71. The fraction of sp³-hybridized carbons (Fsp3) is 0.273. The Labute approximate surface area is 99.0 Å². The van der Waals surface area contributed by atoms with Crippen molar-refractivity contribution in [2.24, 2.45) is 5.84 Å². The largest absolute Gasteiger partial charge is 0.330 e. The zero-order chi connectivity index (χ0) is 12.4. The van der Waals surface area contributed by atoms with E-state index in [9.17, 15) is 9.59 Å². The summed E-state index contributed by atoms with van der Waals surface area (Å²) in [6.45, 7) is 0. The minimum atomic E-state index is -0.449. The van der Waals surface area contributed by atoms with Gasteiger partial charge in [0.05, 0.1) is 12.1 Å². The van der Waals surface area contributed by atoms with Gasteiger partial charge < -0.3 is 5.32 Å². The molecule has 6 nitrogen and oxygen atoms in total. The van der Waals surface area contributed by atoms with Crippen LogP contribution in [0.25, 0.3) is 0 Å². The van der Waals surface area contributed by atoms with Gasteiger partial charge in [0.1, 0.15) is 6.17 Å². The number of hydrogen-bond acceptors (Lipinski definition) is 4. The first-order valence-corrected chi connectivity index (χ1v) is 5.25. The second kappa shape index (κ2) is 4.52. The van der Waals surface area contributed by atoms with E-state index in [0.29, 0.717) is 5.69 Å². The number of carbonyl (C=O) groups is 2. The summed E-state index contributed by atoms with van der Waals surface area (Å²) in [6, 6.07) is 8.35. The molecule has 0 bridgehead atoms. The van der Waals surface area contributed by atoms with Gasteiger partial charge in [-0.25, -0.2) is 14.7 Å². The number of amides is 3. The van der Waals surface area contributed by atoms with Crippen molar-refractivity contribution in [3.05, 3.63) is 30.3 Å². The Kier molecular flexibility index (Phi) is 3.08. The van der Waals surface area contributed by atoms with E-state index < -0.39 is 12.2 Å². The third kappa shape index (κ3) is 2.27. The Morgan fingerprint density at radius 3 is 2.53 bits per heavy atom. The quantitative estimate of drug-likeness (QED) is 0.568. The summed E-state index contributed by atoms with van der Waals surface area (Å²) in [7, 11) is 1.61. The Morgan fingerprint density at radius 1 is 1.35 bits per heavy atom. The lowest BCUT2D eigenvalue weighted by Crippen LogP contribution is -2.61. The van der Waals surface area contributed by atoms with Crippen molar-refractivity contribution in [2.75, 3.05) is 11.9 Å². The van der Waals surface area contributed by atoms with Gasteiger partial charge >= 0.3 is 6.03 Å². The highest BCUT2D eigenvalue weighted by molar-refractivity contribution is 6.16. The molecule has 1 aromatic carbocycles. The first-order valence-electron chi connectivity index (χ1n) is 5.25. The Balaban J connectivity index is 2.22. The lowest BCUT2D eigenvalue weighted by Gasteiger charge is -2.34. The number of anilines is 1. The van der Waals surface area contributed by atoms with Crippen molar-refractivity contribution in [3.63, 3.8) is 0 Å². The van der Waals surface area contributed by atoms with Crippen LogP contribution in [-0.4, -0.2) is 30.2 Å². The molecule has 2 rings (SSSR count). The molecular formula is C11H14N4O2. The predicted molar refractivity (Wildman–Crippen MR) is 62.8 cm³/mol. The van der Waals surface area contributed by atoms with Crippen LogP contribution in [0.1, 0.15) is 6.42 Å². The van der Waals surface area contributed by atoms with Gasteiger partial charge in [0.2, 0.25) is 5.91 Å². The first kappa shape index (κ1) is 11.6. The van der Waals surface area contributed by atoms with E-state index >= 15 is 0 Å². The van der Waals surface area contributed by atoms with Gasteiger partial charge in [0, 0.05) is 7.05 Å². The molecule has 0 aromatic heterocycles. The first-order chi connectivity index (χ1) is 8.09. The van der Waals surface area contributed by atoms with Crippen LogP contribution in [0.3, 0.4) is 0 Å². The fourth-order valence-electron chi connectivity index (χ4n) is 1.71. The maximum atomic E-state index is 11.9. The Morgan fingerprint density at radius 2 is 2.00 bits per heavy atom. The number of carbonyl (C=O) groups excluding carboxylic acids is 2. The summed E-state index contributed by atoms with van der Waals surface area (Å²) in [5, 5.41) is 3.98. The van der Waals surface area contributed by atoms with E-state index in [1.807, 2.05) is 6.07 Å². The molecule has 0 aliphatic carbocycles. The summed E-state index contributed by atoms with van der Waals surface area (Å²) >= 11 is 0. The number of benzene rings is 1. The van der Waals surface area contributed by atoms with Crippen LogP contribution in [-0.2, 0) is 4.79 Å². The summed E-state index contributed by atoms with van der Waals surface area (Å²) in [4.78, 5) is 24.9. The number of urea groups is 1. The molecular weight excluding hydrogens is 220 g/mol. The third-order valence-corrected chi connectivity index (χ3v) is 2.62. The second-order valence-electron chi connectivity index (χ2n) is 3.90. The van der Waals surface area contributed by atoms with Crippen LogP contribution in [0, 0.1) is 0 Å². The molecule has 17 heavy (non-hydrogen) atoms. The zero-order valence-corrected chi connectivity index (χ0v) is 9.46. The molecule has 0 radical (unpaired) electrons. The highest BCUT2D eigenvalue weighted by Crippen LogP contribution is 2.18. The summed E-state index contributed by atoms with van der Waals surface area (Å²) in [5.74, 6) is 5.26. The molecule has 6 heteroatoms. The molecule has 1 aliphatic rings. The molecule has 90 valence electrons. The van der Waals surface area contributed by atoms with Crippen molar-refractivity contribution < 1.29 is 9.59 Å². The number of nitrogens with one attached hydrogen (secondary N) is 1. The number of nitrogens with zero attached hydrogens (tertiary/aromatic N) is 2. The molecule has 3 amide bonds. The van der Waals surface area contributed by atoms with E-state index in [1.165, 1.54) is 5.01 Å². The van der Waals surface area contributed by atoms with Crippen LogP contribution < -0.4 is 16.1 Å². The van der Waals surface area contributed by atoms with E-state index in [1.54, 1.807) is 31.3 Å². The van der Waals surface area contributed by atoms with Crippen LogP contribution in [0.5, 0.6) is 0 Å². The highest BCUT2D eigenvalue weighted by Gasteiger charge is 2.33. The van der Waals surface area contributed by atoms with Crippen molar-refractivity contribution in [2.45, 2.75) is 12.6 Å². The minimum absolute atomic E-state index is 0.160. The number of hydrogen-bond donors (Lipinski definition) is 2.